The van der Waals surface area contributed by atoms with Gasteiger partial charge in [0, 0.05) is 17.8 Å². The van der Waals surface area contributed by atoms with Crippen molar-refractivity contribution in [2.45, 2.75) is 18.4 Å². The number of carbonyl (C=O) groups is 1. The van der Waals surface area contributed by atoms with Crippen molar-refractivity contribution in [1.29, 1.82) is 0 Å². The van der Waals surface area contributed by atoms with Crippen LogP contribution in [-0.2, 0) is 16.6 Å². The van der Waals surface area contributed by atoms with Crippen LogP contribution in [0, 0.1) is 6.92 Å². The molecule has 2 N–H and O–H groups in total. The summed E-state index contributed by atoms with van der Waals surface area (Å²) in [6.07, 6.45) is 0. The van der Waals surface area contributed by atoms with Crippen molar-refractivity contribution in [3.63, 3.8) is 0 Å². The molecule has 6 heteroatoms. The number of benzene rings is 4. The molecule has 0 aliphatic heterocycles. The summed E-state index contributed by atoms with van der Waals surface area (Å²) < 4.78 is 27.6. The molecule has 0 unspecified atom stereocenters. The van der Waals surface area contributed by atoms with E-state index in [2.05, 4.69) is 10.0 Å². The second-order valence-electron chi connectivity index (χ2n) is 7.32. The fourth-order valence-corrected chi connectivity index (χ4v) is 4.40. The zero-order valence-corrected chi connectivity index (χ0v) is 17.8. The molecule has 0 aliphatic carbocycles. The summed E-state index contributed by atoms with van der Waals surface area (Å²) >= 11 is 0. The first kappa shape index (κ1) is 20.6. The Balaban J connectivity index is 1.43. The lowest BCUT2D eigenvalue weighted by Crippen LogP contribution is -2.23. The van der Waals surface area contributed by atoms with Gasteiger partial charge in [-0.15, -0.1) is 0 Å². The zero-order valence-electron chi connectivity index (χ0n) is 17.0. The minimum Gasteiger partial charge on any atom is -0.348 e. The van der Waals surface area contributed by atoms with Gasteiger partial charge in [0.15, 0.2) is 0 Å². The molecule has 4 rings (SSSR count). The summed E-state index contributed by atoms with van der Waals surface area (Å²) in [5.41, 5.74) is 2.87. The summed E-state index contributed by atoms with van der Waals surface area (Å²) in [7, 11) is -3.68. The molecular weight excluding hydrogens is 408 g/mol. The third-order valence-corrected chi connectivity index (χ3v) is 6.45. The first-order valence-electron chi connectivity index (χ1n) is 9.87. The maximum absolute atomic E-state index is 12.6. The van der Waals surface area contributed by atoms with E-state index in [4.69, 9.17) is 0 Å². The molecule has 0 saturated heterocycles. The second kappa shape index (κ2) is 8.62. The minimum atomic E-state index is -3.68. The predicted octanol–water partition coefficient (Wildman–Crippen LogP) is 4.88. The molecule has 0 bridgehead atoms. The van der Waals surface area contributed by atoms with Crippen LogP contribution >= 0.6 is 0 Å². The van der Waals surface area contributed by atoms with E-state index >= 15 is 0 Å². The van der Waals surface area contributed by atoms with Gasteiger partial charge in [0.2, 0.25) is 0 Å². The van der Waals surface area contributed by atoms with E-state index in [1.54, 1.807) is 48.5 Å². The highest BCUT2D eigenvalue weighted by atomic mass is 32.2. The van der Waals surface area contributed by atoms with Crippen molar-refractivity contribution in [3.05, 3.63) is 108 Å². The van der Waals surface area contributed by atoms with Gasteiger partial charge in [-0.2, -0.15) is 0 Å². The van der Waals surface area contributed by atoms with Gasteiger partial charge < -0.3 is 5.32 Å². The van der Waals surface area contributed by atoms with Crippen LogP contribution in [0.2, 0.25) is 0 Å². The highest BCUT2D eigenvalue weighted by Gasteiger charge is 2.14. The highest BCUT2D eigenvalue weighted by molar-refractivity contribution is 7.92. The first-order chi connectivity index (χ1) is 14.9. The number of sulfonamides is 1. The van der Waals surface area contributed by atoms with Crippen LogP contribution in [-0.4, -0.2) is 14.3 Å². The van der Waals surface area contributed by atoms with Gasteiger partial charge in [0.05, 0.1) is 4.90 Å². The van der Waals surface area contributed by atoms with E-state index in [0.29, 0.717) is 17.8 Å². The van der Waals surface area contributed by atoms with E-state index in [1.807, 2.05) is 49.4 Å². The molecule has 0 aromatic heterocycles. The van der Waals surface area contributed by atoms with Crippen molar-refractivity contribution in [2.24, 2.45) is 0 Å². The SMILES string of the molecule is Cc1ccc(S(=O)(=O)Nc2ccc(C(=O)NCc3cccc4ccccc34)cc2)cc1. The number of amides is 1. The molecule has 31 heavy (non-hydrogen) atoms. The Kier molecular flexibility index (Phi) is 5.73. The molecule has 4 aromatic carbocycles. The van der Waals surface area contributed by atoms with E-state index in [0.717, 1.165) is 21.9 Å². The lowest BCUT2D eigenvalue weighted by Gasteiger charge is -2.10. The molecule has 0 atom stereocenters. The molecule has 0 heterocycles. The fraction of sp³-hybridized carbons (Fsp3) is 0.0800. The Morgan fingerprint density at radius 2 is 1.48 bits per heavy atom. The Morgan fingerprint density at radius 1 is 0.806 bits per heavy atom. The van der Waals surface area contributed by atoms with Crippen LogP contribution in [0.3, 0.4) is 0 Å². The van der Waals surface area contributed by atoms with Crippen LogP contribution in [0.4, 0.5) is 5.69 Å². The van der Waals surface area contributed by atoms with Gasteiger partial charge in [-0.1, -0.05) is 60.2 Å². The fourth-order valence-electron chi connectivity index (χ4n) is 3.35. The molecule has 4 aromatic rings. The van der Waals surface area contributed by atoms with Gasteiger partial charge in [-0.3, -0.25) is 9.52 Å². The predicted molar refractivity (Wildman–Crippen MR) is 124 cm³/mol. The Morgan fingerprint density at radius 3 is 2.23 bits per heavy atom. The summed E-state index contributed by atoms with van der Waals surface area (Å²) in [6, 6.07) is 27.0. The van der Waals surface area contributed by atoms with E-state index in [-0.39, 0.29) is 10.8 Å². The quantitative estimate of drug-likeness (QED) is 0.458. The zero-order chi connectivity index (χ0) is 21.8. The second-order valence-corrected chi connectivity index (χ2v) is 9.00. The van der Waals surface area contributed by atoms with Crippen molar-refractivity contribution in [3.8, 4) is 0 Å². The third-order valence-electron chi connectivity index (χ3n) is 5.05. The van der Waals surface area contributed by atoms with E-state index < -0.39 is 10.0 Å². The van der Waals surface area contributed by atoms with Crippen LogP contribution < -0.4 is 10.0 Å². The monoisotopic (exact) mass is 430 g/mol. The van der Waals surface area contributed by atoms with Gasteiger partial charge >= 0.3 is 0 Å². The number of hydrogen-bond acceptors (Lipinski definition) is 3. The lowest BCUT2D eigenvalue weighted by atomic mass is 10.0. The number of hydrogen-bond donors (Lipinski definition) is 2. The van der Waals surface area contributed by atoms with E-state index in [9.17, 15) is 13.2 Å². The van der Waals surface area contributed by atoms with E-state index in [1.165, 1.54) is 0 Å². The molecule has 1 amide bonds. The molecule has 5 nitrogen and oxygen atoms in total. The van der Waals surface area contributed by atoms with Crippen LogP contribution in [0.1, 0.15) is 21.5 Å². The number of aryl methyl sites for hydroxylation is 1. The lowest BCUT2D eigenvalue weighted by molar-refractivity contribution is 0.0951. The summed E-state index contributed by atoms with van der Waals surface area (Å²) in [6.45, 7) is 2.30. The van der Waals surface area contributed by atoms with Gasteiger partial charge in [0.1, 0.15) is 0 Å². The summed E-state index contributed by atoms with van der Waals surface area (Å²) in [5, 5.41) is 5.16. The summed E-state index contributed by atoms with van der Waals surface area (Å²) in [4.78, 5) is 12.7. The molecular formula is C25H22N2O3S. The average Bonchev–Trinajstić information content (AvgIpc) is 2.78. The Bertz CT molecular complexity index is 1320. The number of nitrogens with one attached hydrogen (secondary N) is 2. The normalized spacial score (nSPS) is 11.3. The van der Waals surface area contributed by atoms with Gasteiger partial charge in [-0.05, 0) is 59.7 Å². The molecule has 156 valence electrons. The Hall–Kier alpha value is -3.64. The average molecular weight is 431 g/mol. The van der Waals surface area contributed by atoms with Crippen molar-refractivity contribution >= 4 is 32.4 Å². The molecule has 0 saturated carbocycles. The molecule has 0 fully saturated rings. The van der Waals surface area contributed by atoms with Crippen LogP contribution in [0.5, 0.6) is 0 Å². The highest BCUT2D eigenvalue weighted by Crippen LogP contribution is 2.19. The van der Waals surface area contributed by atoms with Crippen molar-refractivity contribution in [1.82, 2.24) is 5.32 Å². The number of anilines is 1. The van der Waals surface area contributed by atoms with Crippen molar-refractivity contribution < 1.29 is 13.2 Å². The maximum Gasteiger partial charge on any atom is 0.261 e. The van der Waals surface area contributed by atoms with Gasteiger partial charge in [0.25, 0.3) is 15.9 Å². The van der Waals surface area contributed by atoms with Crippen LogP contribution in [0.15, 0.2) is 95.9 Å². The first-order valence-corrected chi connectivity index (χ1v) is 11.4. The molecule has 0 radical (unpaired) electrons. The van der Waals surface area contributed by atoms with Crippen molar-refractivity contribution in [2.75, 3.05) is 4.72 Å². The number of carbonyl (C=O) groups excluding carboxylic acids is 1. The largest absolute Gasteiger partial charge is 0.348 e. The minimum absolute atomic E-state index is 0.190. The summed E-state index contributed by atoms with van der Waals surface area (Å²) in [5.74, 6) is -0.221. The molecule has 0 spiro atoms. The maximum atomic E-state index is 12.6. The standard InChI is InChI=1S/C25H22N2O3S/c1-18-9-15-23(16-10-18)31(29,30)27-22-13-11-20(12-14-22)25(28)26-17-21-7-4-6-19-5-2-3-8-24(19)21/h2-16,27H,17H2,1H3,(H,26,28). The smallest absolute Gasteiger partial charge is 0.261 e. The number of fused-ring (bicyclic) bond motifs is 1. The number of rotatable bonds is 6. The van der Waals surface area contributed by atoms with Gasteiger partial charge in [-0.25, -0.2) is 8.42 Å². The topological polar surface area (TPSA) is 75.3 Å². The molecule has 0 aliphatic rings. The van der Waals surface area contributed by atoms with Crippen LogP contribution in [0.25, 0.3) is 10.8 Å². The third kappa shape index (κ3) is 4.75. The Labute approximate surface area is 181 Å².